The van der Waals surface area contributed by atoms with Crippen molar-refractivity contribution >= 4 is 5.91 Å². The van der Waals surface area contributed by atoms with Crippen LogP contribution in [0.15, 0.2) is 12.5 Å². The maximum Gasteiger partial charge on any atom is 0.225 e. The van der Waals surface area contributed by atoms with Crippen LogP contribution in [-0.2, 0) is 17.9 Å². The average Bonchev–Trinajstić information content (AvgIpc) is 2.73. The van der Waals surface area contributed by atoms with Crippen LogP contribution in [0.25, 0.3) is 0 Å². The summed E-state index contributed by atoms with van der Waals surface area (Å²) in [4.78, 5) is 21.1. The molecule has 1 saturated heterocycles. The number of hydrogen-bond acceptors (Lipinski definition) is 3. The molecule has 0 unspecified atom stereocenters. The maximum atomic E-state index is 12.4. The molecule has 1 aromatic rings. The van der Waals surface area contributed by atoms with E-state index in [1.807, 2.05) is 12.5 Å². The molecule has 1 aromatic heterocycles. The number of imidazole rings is 1. The summed E-state index contributed by atoms with van der Waals surface area (Å²) in [5, 5.41) is 0. The quantitative estimate of drug-likeness (QED) is 0.848. The highest BCUT2D eigenvalue weighted by atomic mass is 16.2. The SMILES string of the molecule is CCn1cncc1CN1CCCN(C(=O)C2CCC2)CC1. The summed E-state index contributed by atoms with van der Waals surface area (Å²) in [6, 6.07) is 0. The van der Waals surface area contributed by atoms with E-state index in [-0.39, 0.29) is 0 Å². The number of nitrogens with zero attached hydrogens (tertiary/aromatic N) is 4. The van der Waals surface area contributed by atoms with Gasteiger partial charge in [0.2, 0.25) is 5.91 Å². The number of aromatic nitrogens is 2. The minimum atomic E-state index is 0.332. The van der Waals surface area contributed by atoms with Crippen LogP contribution >= 0.6 is 0 Å². The van der Waals surface area contributed by atoms with Gasteiger partial charge in [-0.05, 0) is 26.2 Å². The second kappa shape index (κ2) is 6.60. The molecular formula is C16H26N4O. The Morgan fingerprint density at radius 1 is 1.24 bits per heavy atom. The molecule has 1 aliphatic heterocycles. The smallest absolute Gasteiger partial charge is 0.225 e. The van der Waals surface area contributed by atoms with Crippen LogP contribution in [0.5, 0.6) is 0 Å². The normalized spacial score (nSPS) is 21.1. The van der Waals surface area contributed by atoms with Gasteiger partial charge in [0.1, 0.15) is 0 Å². The summed E-state index contributed by atoms with van der Waals surface area (Å²) in [6.45, 7) is 7.92. The fraction of sp³-hybridized carbons (Fsp3) is 0.750. The van der Waals surface area contributed by atoms with E-state index >= 15 is 0 Å². The Balaban J connectivity index is 1.54. The van der Waals surface area contributed by atoms with E-state index in [2.05, 4.69) is 26.3 Å². The fourth-order valence-electron chi connectivity index (χ4n) is 3.26. The molecule has 0 spiro atoms. The van der Waals surface area contributed by atoms with Crippen molar-refractivity contribution in [1.82, 2.24) is 19.4 Å². The van der Waals surface area contributed by atoms with E-state index < -0.39 is 0 Å². The second-order valence-electron chi connectivity index (χ2n) is 6.25. The lowest BCUT2D eigenvalue weighted by atomic mass is 9.84. The van der Waals surface area contributed by atoms with Crippen molar-refractivity contribution in [2.45, 2.75) is 45.7 Å². The molecular weight excluding hydrogens is 264 g/mol. The van der Waals surface area contributed by atoms with E-state index in [1.165, 1.54) is 12.1 Å². The standard InChI is InChI=1S/C16H26N4O/c1-2-19-13-17-11-15(19)12-18-7-4-8-20(10-9-18)16(21)14-5-3-6-14/h11,13-14H,2-10,12H2,1H3. The van der Waals surface area contributed by atoms with Crippen LogP contribution in [0.4, 0.5) is 0 Å². The molecule has 0 aromatic carbocycles. The van der Waals surface area contributed by atoms with Gasteiger partial charge in [-0.25, -0.2) is 4.98 Å². The first-order valence-corrected chi connectivity index (χ1v) is 8.28. The molecule has 0 N–H and O–H groups in total. The minimum Gasteiger partial charge on any atom is -0.341 e. The summed E-state index contributed by atoms with van der Waals surface area (Å²) < 4.78 is 2.20. The number of aryl methyl sites for hydroxylation is 1. The molecule has 0 radical (unpaired) electrons. The summed E-state index contributed by atoms with van der Waals surface area (Å²) in [5.41, 5.74) is 1.27. The van der Waals surface area contributed by atoms with Gasteiger partial charge >= 0.3 is 0 Å². The lowest BCUT2D eigenvalue weighted by Crippen LogP contribution is -2.41. The van der Waals surface area contributed by atoms with Gasteiger partial charge in [-0.3, -0.25) is 9.69 Å². The van der Waals surface area contributed by atoms with Gasteiger partial charge in [-0.2, -0.15) is 0 Å². The van der Waals surface area contributed by atoms with Gasteiger partial charge in [0, 0.05) is 51.4 Å². The number of carbonyl (C=O) groups is 1. The predicted molar refractivity (Wildman–Crippen MR) is 81.7 cm³/mol. The predicted octanol–water partition coefficient (Wildman–Crippen LogP) is 1.74. The highest BCUT2D eigenvalue weighted by molar-refractivity contribution is 5.79. The number of carbonyl (C=O) groups excluding carboxylic acids is 1. The highest BCUT2D eigenvalue weighted by Gasteiger charge is 2.30. The minimum absolute atomic E-state index is 0.332. The van der Waals surface area contributed by atoms with Crippen molar-refractivity contribution in [2.24, 2.45) is 5.92 Å². The van der Waals surface area contributed by atoms with E-state index in [1.54, 1.807) is 0 Å². The first kappa shape index (κ1) is 14.6. The Bertz CT molecular complexity index is 480. The average molecular weight is 290 g/mol. The lowest BCUT2D eigenvalue weighted by Gasteiger charge is -2.31. The molecule has 5 nitrogen and oxygen atoms in total. The van der Waals surface area contributed by atoms with Crippen LogP contribution in [0.1, 0.15) is 38.3 Å². The first-order valence-electron chi connectivity index (χ1n) is 8.28. The van der Waals surface area contributed by atoms with E-state index in [0.717, 1.165) is 58.5 Å². The van der Waals surface area contributed by atoms with Gasteiger partial charge in [-0.15, -0.1) is 0 Å². The molecule has 1 amide bonds. The fourth-order valence-corrected chi connectivity index (χ4v) is 3.26. The number of rotatable bonds is 4. The molecule has 0 atom stereocenters. The number of amides is 1. The van der Waals surface area contributed by atoms with Gasteiger partial charge in [-0.1, -0.05) is 6.42 Å². The molecule has 0 bridgehead atoms. The van der Waals surface area contributed by atoms with Gasteiger partial charge in [0.15, 0.2) is 0 Å². The Labute approximate surface area is 126 Å². The van der Waals surface area contributed by atoms with Crippen LogP contribution in [0.3, 0.4) is 0 Å². The largest absolute Gasteiger partial charge is 0.341 e. The molecule has 2 aliphatic rings. The molecule has 116 valence electrons. The molecule has 1 aliphatic carbocycles. The molecule has 1 saturated carbocycles. The summed E-state index contributed by atoms with van der Waals surface area (Å²) >= 11 is 0. The molecule has 21 heavy (non-hydrogen) atoms. The van der Waals surface area contributed by atoms with Crippen LogP contribution in [-0.4, -0.2) is 51.4 Å². The van der Waals surface area contributed by atoms with Crippen molar-refractivity contribution in [3.05, 3.63) is 18.2 Å². The topological polar surface area (TPSA) is 41.4 Å². The zero-order valence-corrected chi connectivity index (χ0v) is 13.0. The van der Waals surface area contributed by atoms with Crippen LogP contribution in [0.2, 0.25) is 0 Å². The highest BCUT2D eigenvalue weighted by Crippen LogP contribution is 2.28. The van der Waals surface area contributed by atoms with Gasteiger partial charge in [0.25, 0.3) is 0 Å². The Morgan fingerprint density at radius 3 is 2.81 bits per heavy atom. The second-order valence-corrected chi connectivity index (χ2v) is 6.25. The van der Waals surface area contributed by atoms with Crippen LogP contribution in [0, 0.1) is 5.92 Å². The summed E-state index contributed by atoms with van der Waals surface area (Å²) in [6.07, 6.45) is 8.39. The van der Waals surface area contributed by atoms with Crippen molar-refractivity contribution in [1.29, 1.82) is 0 Å². The van der Waals surface area contributed by atoms with Crippen LogP contribution < -0.4 is 0 Å². The zero-order valence-electron chi connectivity index (χ0n) is 13.0. The third kappa shape index (κ3) is 3.28. The molecule has 3 rings (SSSR count). The summed E-state index contributed by atoms with van der Waals surface area (Å²) in [5.74, 6) is 0.736. The molecule has 5 heteroatoms. The van der Waals surface area contributed by atoms with Crippen molar-refractivity contribution < 1.29 is 4.79 Å². The monoisotopic (exact) mass is 290 g/mol. The van der Waals surface area contributed by atoms with Crippen molar-refractivity contribution in [3.8, 4) is 0 Å². The van der Waals surface area contributed by atoms with Gasteiger partial charge in [0.05, 0.1) is 12.0 Å². The Morgan fingerprint density at radius 2 is 2.10 bits per heavy atom. The lowest BCUT2D eigenvalue weighted by molar-refractivity contribution is -0.138. The van der Waals surface area contributed by atoms with E-state index in [9.17, 15) is 4.79 Å². The Hall–Kier alpha value is -1.36. The maximum absolute atomic E-state index is 12.4. The Kier molecular flexibility index (Phi) is 4.58. The summed E-state index contributed by atoms with van der Waals surface area (Å²) in [7, 11) is 0. The molecule has 2 heterocycles. The van der Waals surface area contributed by atoms with Gasteiger partial charge < -0.3 is 9.47 Å². The third-order valence-electron chi connectivity index (χ3n) is 4.88. The first-order chi connectivity index (χ1) is 10.3. The third-order valence-corrected chi connectivity index (χ3v) is 4.88. The zero-order chi connectivity index (χ0) is 14.7. The van der Waals surface area contributed by atoms with E-state index in [4.69, 9.17) is 0 Å². The van der Waals surface area contributed by atoms with E-state index in [0.29, 0.717) is 11.8 Å². The number of hydrogen-bond donors (Lipinski definition) is 0. The molecule has 2 fully saturated rings. The van der Waals surface area contributed by atoms with Crippen molar-refractivity contribution in [2.75, 3.05) is 26.2 Å². The van der Waals surface area contributed by atoms with Crippen molar-refractivity contribution in [3.63, 3.8) is 0 Å².